The molecule has 0 radical (unpaired) electrons. The van der Waals surface area contributed by atoms with E-state index in [1.54, 1.807) is 0 Å². The standard InChI is InChI=1S/C12H16FN3O5S/c13-10-1-2-11(12(9-10)16(17)18)14-3-8-22(19,20)15-4-6-21-7-5-15/h1-2,9,14H,3-8H2. The number of sulfonamides is 1. The zero-order valence-corrected chi connectivity index (χ0v) is 12.5. The molecule has 1 aliphatic rings. The van der Waals surface area contributed by atoms with Gasteiger partial charge in [0.15, 0.2) is 0 Å². The lowest BCUT2D eigenvalue weighted by Crippen LogP contribution is -2.42. The zero-order valence-electron chi connectivity index (χ0n) is 11.7. The molecule has 0 aliphatic carbocycles. The van der Waals surface area contributed by atoms with Gasteiger partial charge in [0.2, 0.25) is 10.0 Å². The van der Waals surface area contributed by atoms with Crippen LogP contribution in [0.5, 0.6) is 0 Å². The lowest BCUT2D eigenvalue weighted by atomic mass is 10.2. The van der Waals surface area contributed by atoms with Crippen LogP contribution in [0.25, 0.3) is 0 Å². The summed E-state index contributed by atoms with van der Waals surface area (Å²) in [6, 6.07) is 3.08. The van der Waals surface area contributed by atoms with Gasteiger partial charge in [0.05, 0.1) is 30.0 Å². The number of hydrogen-bond donors (Lipinski definition) is 1. The Morgan fingerprint density at radius 2 is 2.05 bits per heavy atom. The molecule has 0 unspecified atom stereocenters. The number of rotatable bonds is 6. The molecular weight excluding hydrogens is 317 g/mol. The number of benzene rings is 1. The first kappa shape index (κ1) is 16.6. The highest BCUT2D eigenvalue weighted by atomic mass is 32.2. The van der Waals surface area contributed by atoms with Crippen molar-refractivity contribution in [1.82, 2.24) is 4.31 Å². The first-order valence-electron chi connectivity index (χ1n) is 6.63. The summed E-state index contributed by atoms with van der Waals surface area (Å²) >= 11 is 0. The predicted octanol–water partition coefficient (Wildman–Crippen LogP) is 0.808. The highest BCUT2D eigenvalue weighted by Gasteiger charge is 2.24. The summed E-state index contributed by atoms with van der Waals surface area (Å²) in [5.41, 5.74) is -0.340. The smallest absolute Gasteiger partial charge is 0.295 e. The van der Waals surface area contributed by atoms with Crippen LogP contribution in [-0.4, -0.2) is 56.2 Å². The van der Waals surface area contributed by atoms with Gasteiger partial charge in [0.1, 0.15) is 11.5 Å². The molecule has 0 atom stereocenters. The number of ether oxygens (including phenoxy) is 1. The Morgan fingerprint density at radius 3 is 2.68 bits per heavy atom. The van der Waals surface area contributed by atoms with Crippen molar-refractivity contribution >= 4 is 21.4 Å². The van der Waals surface area contributed by atoms with E-state index in [1.165, 1.54) is 10.4 Å². The van der Waals surface area contributed by atoms with E-state index >= 15 is 0 Å². The van der Waals surface area contributed by atoms with Gasteiger partial charge < -0.3 is 10.1 Å². The number of anilines is 1. The molecule has 0 bridgehead atoms. The van der Waals surface area contributed by atoms with Gasteiger partial charge in [0, 0.05) is 19.6 Å². The second-order valence-corrected chi connectivity index (χ2v) is 6.76. The van der Waals surface area contributed by atoms with Gasteiger partial charge in [-0.25, -0.2) is 12.8 Å². The summed E-state index contributed by atoms with van der Waals surface area (Å²) < 4.78 is 43.6. The predicted molar refractivity (Wildman–Crippen MR) is 77.7 cm³/mol. The van der Waals surface area contributed by atoms with Crippen LogP contribution in [0.2, 0.25) is 0 Å². The normalized spacial score (nSPS) is 16.4. The van der Waals surface area contributed by atoms with E-state index in [9.17, 15) is 22.9 Å². The Morgan fingerprint density at radius 1 is 1.36 bits per heavy atom. The van der Waals surface area contributed by atoms with Gasteiger partial charge in [-0.3, -0.25) is 10.1 Å². The molecule has 1 saturated heterocycles. The molecule has 122 valence electrons. The molecule has 10 heteroatoms. The molecular formula is C12H16FN3O5S. The number of hydrogen-bond acceptors (Lipinski definition) is 6. The molecule has 1 aliphatic heterocycles. The van der Waals surface area contributed by atoms with Gasteiger partial charge in [0.25, 0.3) is 5.69 Å². The second-order valence-electron chi connectivity index (χ2n) is 4.67. The molecule has 1 heterocycles. The largest absolute Gasteiger partial charge is 0.379 e. The topological polar surface area (TPSA) is 102 Å². The third kappa shape index (κ3) is 4.12. The van der Waals surface area contributed by atoms with Crippen molar-refractivity contribution in [3.8, 4) is 0 Å². The first-order chi connectivity index (χ1) is 10.4. The Hall–Kier alpha value is -1.78. The minimum Gasteiger partial charge on any atom is -0.379 e. The first-order valence-corrected chi connectivity index (χ1v) is 8.24. The molecule has 1 N–H and O–H groups in total. The van der Waals surface area contributed by atoms with Crippen LogP contribution in [0.15, 0.2) is 18.2 Å². The van der Waals surface area contributed by atoms with Gasteiger partial charge in [-0.2, -0.15) is 4.31 Å². The number of nitro benzene ring substituents is 1. The second kappa shape index (κ2) is 6.99. The van der Waals surface area contributed by atoms with E-state index in [2.05, 4.69) is 5.32 Å². The van der Waals surface area contributed by atoms with Gasteiger partial charge in [-0.05, 0) is 12.1 Å². The van der Waals surface area contributed by atoms with Crippen molar-refractivity contribution in [2.45, 2.75) is 0 Å². The Balaban J connectivity index is 1.97. The molecule has 0 aromatic heterocycles. The van der Waals surface area contributed by atoms with Crippen molar-refractivity contribution in [3.05, 3.63) is 34.1 Å². The van der Waals surface area contributed by atoms with Crippen molar-refractivity contribution in [1.29, 1.82) is 0 Å². The number of nitrogens with zero attached hydrogens (tertiary/aromatic N) is 2. The number of nitrogens with one attached hydrogen (secondary N) is 1. The lowest BCUT2D eigenvalue weighted by molar-refractivity contribution is -0.384. The monoisotopic (exact) mass is 333 g/mol. The van der Waals surface area contributed by atoms with E-state index < -0.39 is 26.5 Å². The highest BCUT2D eigenvalue weighted by Crippen LogP contribution is 2.24. The average Bonchev–Trinajstić information content (AvgIpc) is 2.49. The number of morpholine rings is 1. The molecule has 0 amide bonds. The van der Waals surface area contributed by atoms with Crippen LogP contribution >= 0.6 is 0 Å². The zero-order chi connectivity index (χ0) is 16.2. The minimum absolute atomic E-state index is 0.00777. The molecule has 1 fully saturated rings. The maximum atomic E-state index is 13.0. The van der Waals surface area contributed by atoms with Gasteiger partial charge in [-0.1, -0.05) is 0 Å². The molecule has 2 rings (SSSR count). The van der Waals surface area contributed by atoms with Gasteiger partial charge in [-0.15, -0.1) is 0 Å². The van der Waals surface area contributed by atoms with Crippen molar-refractivity contribution in [2.75, 3.05) is 43.9 Å². The third-order valence-electron chi connectivity index (χ3n) is 3.20. The van der Waals surface area contributed by atoms with Crippen LogP contribution in [0.4, 0.5) is 15.8 Å². The molecule has 22 heavy (non-hydrogen) atoms. The Bertz CT molecular complexity index is 646. The molecule has 0 spiro atoms. The fourth-order valence-corrected chi connectivity index (χ4v) is 3.40. The number of nitro groups is 1. The Labute approximate surface area is 127 Å². The minimum atomic E-state index is -3.45. The summed E-state index contributed by atoms with van der Waals surface area (Å²) in [7, 11) is -3.45. The van der Waals surface area contributed by atoms with Crippen molar-refractivity contribution in [3.63, 3.8) is 0 Å². The maximum absolute atomic E-state index is 13.0. The summed E-state index contributed by atoms with van der Waals surface area (Å²) in [5, 5.41) is 13.5. The van der Waals surface area contributed by atoms with Crippen LogP contribution in [0.1, 0.15) is 0 Å². The molecule has 1 aromatic carbocycles. The van der Waals surface area contributed by atoms with Crippen molar-refractivity contribution in [2.24, 2.45) is 0 Å². The van der Waals surface area contributed by atoms with Crippen LogP contribution in [-0.2, 0) is 14.8 Å². The maximum Gasteiger partial charge on any atom is 0.295 e. The molecule has 8 nitrogen and oxygen atoms in total. The molecule has 0 saturated carbocycles. The fourth-order valence-electron chi connectivity index (χ4n) is 2.07. The molecule has 1 aromatic rings. The summed E-state index contributed by atoms with van der Waals surface area (Å²) in [6.07, 6.45) is 0. The van der Waals surface area contributed by atoms with E-state index in [1.807, 2.05) is 0 Å². The third-order valence-corrected chi connectivity index (χ3v) is 5.07. The SMILES string of the molecule is O=[N+]([O-])c1cc(F)ccc1NCCS(=O)(=O)N1CCOCC1. The quantitative estimate of drug-likeness (QED) is 0.610. The summed E-state index contributed by atoms with van der Waals surface area (Å²) in [5.74, 6) is -0.931. The van der Waals surface area contributed by atoms with Crippen molar-refractivity contribution < 1.29 is 22.5 Å². The van der Waals surface area contributed by atoms with E-state index in [0.29, 0.717) is 26.3 Å². The fraction of sp³-hybridized carbons (Fsp3) is 0.500. The summed E-state index contributed by atoms with van der Waals surface area (Å²) in [4.78, 5) is 10.1. The van der Waals surface area contributed by atoms with Crippen LogP contribution in [0.3, 0.4) is 0 Å². The Kier molecular flexibility index (Phi) is 5.27. The van der Waals surface area contributed by atoms with Crippen LogP contribution < -0.4 is 5.32 Å². The average molecular weight is 333 g/mol. The van der Waals surface area contributed by atoms with E-state index in [4.69, 9.17) is 4.74 Å². The van der Waals surface area contributed by atoms with E-state index in [-0.39, 0.29) is 18.0 Å². The number of halogens is 1. The highest BCUT2D eigenvalue weighted by molar-refractivity contribution is 7.89. The summed E-state index contributed by atoms with van der Waals surface area (Å²) in [6.45, 7) is 1.32. The van der Waals surface area contributed by atoms with E-state index in [0.717, 1.165) is 12.1 Å². The van der Waals surface area contributed by atoms with Gasteiger partial charge >= 0.3 is 0 Å². The van der Waals surface area contributed by atoms with Crippen LogP contribution in [0, 0.1) is 15.9 Å². The lowest BCUT2D eigenvalue weighted by Gasteiger charge is -2.26.